The summed E-state index contributed by atoms with van der Waals surface area (Å²) >= 11 is 0. The Morgan fingerprint density at radius 2 is 1.03 bits per heavy atom. The molecule has 0 unspecified atom stereocenters. The summed E-state index contributed by atoms with van der Waals surface area (Å²) < 4.78 is 27.2. The highest BCUT2D eigenvalue weighted by molar-refractivity contribution is 8.40. The Balaban J connectivity index is 2.97. The molecular weight excluding hydrogens is 501 g/mol. The van der Waals surface area contributed by atoms with Crippen molar-refractivity contribution in [3.63, 3.8) is 0 Å². The highest BCUT2D eigenvalue weighted by Crippen LogP contribution is 2.13. The van der Waals surface area contributed by atoms with Crippen molar-refractivity contribution in [3.8, 4) is 0 Å². The maximum Gasteiger partial charge on any atom is 0.286 e. The predicted octanol–water partition coefficient (Wildman–Crippen LogP) is 0.0604. The van der Waals surface area contributed by atoms with E-state index in [0.717, 1.165) is 10.5 Å². The van der Waals surface area contributed by atoms with Crippen LogP contribution < -0.4 is 0 Å². The summed E-state index contributed by atoms with van der Waals surface area (Å²) in [6, 6.07) is 1.49. The largest absolute Gasteiger partial charge is 0.449 e. The van der Waals surface area contributed by atoms with Gasteiger partial charge in [-0.25, -0.2) is 0 Å². The van der Waals surface area contributed by atoms with E-state index < -0.39 is 40.0 Å². The molecule has 176 valence electrons. The molecule has 0 aromatic heterocycles. The van der Waals surface area contributed by atoms with Crippen LogP contribution in [0.3, 0.4) is 0 Å². The van der Waals surface area contributed by atoms with Gasteiger partial charge in [0.2, 0.25) is 8.91 Å². The summed E-state index contributed by atoms with van der Waals surface area (Å²) in [6.45, 7) is 2.29. The topological polar surface area (TPSA) is 46.2 Å². The van der Waals surface area contributed by atoms with Crippen LogP contribution >= 0.6 is 10.7 Å². The third kappa shape index (κ3) is 29.7. The smallest absolute Gasteiger partial charge is 0.286 e. The molecule has 0 N–H and O–H groups in total. The zero-order chi connectivity index (χ0) is 21.1. The van der Waals surface area contributed by atoms with E-state index in [-0.39, 0.29) is 17.6 Å². The minimum atomic E-state index is -0.810. The average molecular weight is 549 g/mol. The van der Waals surface area contributed by atoms with E-state index in [0.29, 0.717) is 0 Å². The van der Waals surface area contributed by atoms with Gasteiger partial charge in [0.05, 0.1) is 8.67 Å². The summed E-state index contributed by atoms with van der Waals surface area (Å²) in [5.41, 5.74) is 0. The van der Waals surface area contributed by atoms with E-state index in [1.54, 1.807) is 0 Å². The number of rotatable bonds is 26. The van der Waals surface area contributed by atoms with E-state index in [1.165, 1.54) is 95.9 Å². The first-order valence-corrected chi connectivity index (χ1v) is 23.4. The molecule has 13 heteroatoms. The lowest BCUT2D eigenvalue weighted by Gasteiger charge is -2.06. The van der Waals surface area contributed by atoms with Crippen molar-refractivity contribution in [2.45, 2.75) is 103 Å². The molecule has 0 saturated carbocycles. The fraction of sp³-hybridized carbons (Fsp3) is 1.00. The van der Waals surface area contributed by atoms with Crippen LogP contribution in [-0.4, -0.2) is 68.1 Å². The molecule has 0 aliphatic rings. The van der Waals surface area contributed by atoms with Crippen LogP contribution in [0.5, 0.6) is 0 Å². The molecule has 0 amide bonds. The Bertz CT molecular complexity index is 276. The van der Waals surface area contributed by atoms with E-state index in [9.17, 15) is 0 Å². The lowest BCUT2D eigenvalue weighted by atomic mass is 10.0. The van der Waals surface area contributed by atoms with Crippen LogP contribution in [0.4, 0.5) is 0 Å². The van der Waals surface area contributed by atoms with Gasteiger partial charge >= 0.3 is 0 Å². The zero-order valence-electron chi connectivity index (χ0n) is 19.3. The Morgan fingerprint density at radius 1 is 0.586 bits per heavy atom. The fourth-order valence-corrected chi connectivity index (χ4v) is 21.6. The van der Waals surface area contributed by atoms with Crippen LogP contribution in [0.1, 0.15) is 96.8 Å². The molecule has 29 heavy (non-hydrogen) atoms. The van der Waals surface area contributed by atoms with Gasteiger partial charge in [-0.2, -0.15) is 10.7 Å². The molecule has 0 saturated heterocycles. The first-order valence-electron chi connectivity index (χ1n) is 11.8. The number of hydrogen-bond donors (Lipinski definition) is 0. The van der Waals surface area contributed by atoms with Crippen LogP contribution in [0.2, 0.25) is 6.04 Å². The van der Waals surface area contributed by atoms with Crippen LogP contribution in [0.25, 0.3) is 0 Å². The highest BCUT2D eigenvalue weighted by Gasteiger charge is 1.97. The minimum Gasteiger partial charge on any atom is -0.449 e. The summed E-state index contributed by atoms with van der Waals surface area (Å²) in [5.74, 6) is 0. The SMILES string of the molecule is CCCCCCCCCCCCCCCC[SiH2]S[SiH2]O[SiH2]O[SiH2]O[SiH2]O[SiH2]O[SiH3]. The van der Waals surface area contributed by atoms with Crippen molar-refractivity contribution in [1.82, 2.24) is 0 Å². The molecule has 0 rings (SSSR count). The van der Waals surface area contributed by atoms with E-state index in [1.807, 2.05) is 0 Å². The van der Waals surface area contributed by atoms with Crippen molar-refractivity contribution in [2.24, 2.45) is 0 Å². The normalized spacial score (nSPS) is 14.0. The van der Waals surface area contributed by atoms with Gasteiger partial charge in [0, 0.05) is 0 Å². The van der Waals surface area contributed by atoms with Crippen molar-refractivity contribution in [2.75, 3.05) is 0 Å². The number of unbranched alkanes of at least 4 members (excludes halogenated alkanes) is 13. The van der Waals surface area contributed by atoms with Crippen molar-refractivity contribution in [1.29, 1.82) is 0 Å². The fourth-order valence-electron chi connectivity index (χ4n) is 3.09. The molecule has 0 radical (unpaired) electrons. The van der Waals surface area contributed by atoms with Crippen LogP contribution in [0, 0.1) is 0 Å². The molecule has 0 aromatic carbocycles. The lowest BCUT2D eigenvalue weighted by Crippen LogP contribution is -2.17. The Morgan fingerprint density at radius 3 is 1.55 bits per heavy atom. The Kier molecular flexibility index (Phi) is 31.4. The monoisotopic (exact) mass is 548 g/mol. The van der Waals surface area contributed by atoms with Crippen molar-refractivity contribution in [3.05, 3.63) is 0 Å². The van der Waals surface area contributed by atoms with Crippen LogP contribution in [-0.2, 0) is 20.6 Å². The maximum absolute atomic E-state index is 5.76. The number of hydrogen-bond acceptors (Lipinski definition) is 6. The summed E-state index contributed by atoms with van der Waals surface area (Å²) in [5, 5.41) is 0. The molecule has 0 spiro atoms. The molecule has 0 aromatic rings. The highest BCUT2D eigenvalue weighted by atomic mass is 32.5. The van der Waals surface area contributed by atoms with E-state index in [4.69, 9.17) is 20.6 Å². The molecule has 0 atom stereocenters. The Hall–Kier alpha value is 1.67. The van der Waals surface area contributed by atoms with Gasteiger partial charge in [0.1, 0.15) is 10.5 Å². The first kappa shape index (κ1) is 30.7. The van der Waals surface area contributed by atoms with Gasteiger partial charge in [0.15, 0.2) is 0 Å². The molecule has 0 fully saturated rings. The second-order valence-electron chi connectivity index (χ2n) is 7.55. The van der Waals surface area contributed by atoms with Gasteiger partial charge in [-0.3, -0.25) is 0 Å². The third-order valence-corrected chi connectivity index (χ3v) is 20.1. The summed E-state index contributed by atoms with van der Waals surface area (Å²) in [4.78, 5) is 0. The second-order valence-corrected chi connectivity index (χ2v) is 25.9. The predicted molar refractivity (Wildman–Crippen MR) is 149 cm³/mol. The quantitative estimate of drug-likeness (QED) is 0.113. The van der Waals surface area contributed by atoms with Gasteiger partial charge < -0.3 is 20.6 Å². The minimum absolute atomic E-state index is 0.0770. The third-order valence-electron chi connectivity index (χ3n) is 4.76. The molecule has 0 heterocycles. The molecule has 0 aliphatic carbocycles. The van der Waals surface area contributed by atoms with E-state index >= 15 is 0 Å². The van der Waals surface area contributed by atoms with Gasteiger partial charge in [0.25, 0.3) is 40.0 Å². The van der Waals surface area contributed by atoms with Gasteiger partial charge in [-0.15, -0.1) is 0 Å². The maximum atomic E-state index is 5.76. The van der Waals surface area contributed by atoms with Crippen molar-refractivity contribution < 1.29 is 20.6 Å². The molecular formula is C16H48O5SSi7. The molecule has 0 aliphatic heterocycles. The van der Waals surface area contributed by atoms with E-state index in [2.05, 4.69) is 17.6 Å². The molecule has 5 nitrogen and oxygen atoms in total. The summed E-state index contributed by atoms with van der Waals surface area (Å²) in [6.07, 6.45) is 20.3. The average Bonchev–Trinajstić information content (AvgIpc) is 2.74. The first-order chi connectivity index (χ1) is 14.4. The zero-order valence-corrected chi connectivity index (χ0v) is 30.6. The summed E-state index contributed by atoms with van der Waals surface area (Å²) in [7, 11) is -0.353. The van der Waals surface area contributed by atoms with Gasteiger partial charge in [-0.05, 0) is 0 Å². The second kappa shape index (κ2) is 29.7. The standard InChI is InChI=1S/C16H48O5SSi7/c1-2-3-4-5-6-7-8-9-10-11-12-13-14-15-16-24-22-29-21-28-20-27-19-26-18-25-17-23/h2-16,24-29H2,1,23H3. The van der Waals surface area contributed by atoms with Crippen LogP contribution in [0.15, 0.2) is 0 Å². The lowest BCUT2D eigenvalue weighted by molar-refractivity contribution is 0.391. The Labute approximate surface area is 201 Å². The van der Waals surface area contributed by atoms with Crippen molar-refractivity contribution >= 4 is 78.8 Å². The van der Waals surface area contributed by atoms with Gasteiger partial charge in [-0.1, -0.05) is 103 Å². The molecule has 0 bridgehead atoms.